The molecule has 1 heterocycles. The Bertz CT molecular complexity index is 1140. The highest BCUT2D eigenvalue weighted by molar-refractivity contribution is 5.94. The molecule has 0 saturated carbocycles. The summed E-state index contributed by atoms with van der Waals surface area (Å²) in [5.74, 6) is 1.87. The van der Waals surface area contributed by atoms with Crippen LogP contribution in [0.2, 0.25) is 0 Å². The first kappa shape index (κ1) is 18.7. The Morgan fingerprint density at radius 3 is 2.55 bits per heavy atom. The van der Waals surface area contributed by atoms with Gasteiger partial charge in [0, 0.05) is 18.2 Å². The molecule has 0 spiro atoms. The van der Waals surface area contributed by atoms with Gasteiger partial charge >= 0.3 is 0 Å². The van der Waals surface area contributed by atoms with Gasteiger partial charge in [-0.05, 0) is 54.1 Å². The van der Waals surface area contributed by atoms with Crippen LogP contribution >= 0.6 is 0 Å². The van der Waals surface area contributed by atoms with E-state index >= 15 is 0 Å². The van der Waals surface area contributed by atoms with E-state index in [1.165, 1.54) is 0 Å². The molecule has 0 N–H and O–H groups in total. The third-order valence-corrected chi connectivity index (χ3v) is 4.65. The zero-order chi connectivity index (χ0) is 20.2. The molecule has 146 valence electrons. The van der Waals surface area contributed by atoms with Crippen molar-refractivity contribution in [3.05, 3.63) is 78.1 Å². The van der Waals surface area contributed by atoms with E-state index in [2.05, 4.69) is 10.1 Å². The van der Waals surface area contributed by atoms with Gasteiger partial charge in [-0.15, -0.1) is 0 Å². The summed E-state index contributed by atoms with van der Waals surface area (Å²) in [4.78, 5) is 18.3. The van der Waals surface area contributed by atoms with Crippen LogP contribution in [0, 0.1) is 6.92 Å². The highest BCUT2D eigenvalue weighted by Crippen LogP contribution is 2.26. The number of fused-ring (bicyclic) bond motifs is 1. The van der Waals surface area contributed by atoms with Crippen molar-refractivity contribution in [1.29, 1.82) is 0 Å². The molecule has 0 saturated heterocycles. The maximum atomic E-state index is 12.4. The van der Waals surface area contributed by atoms with Gasteiger partial charge in [-0.1, -0.05) is 35.5 Å². The monoisotopic (exact) mass is 387 g/mol. The molecule has 6 nitrogen and oxygen atoms in total. The Hall–Kier alpha value is -3.67. The number of carbonyl (C=O) groups is 1. The number of rotatable bonds is 6. The second-order valence-electron chi connectivity index (χ2n) is 6.81. The number of nitrogens with zero attached hydrogens (tertiary/aromatic N) is 3. The molecule has 0 fully saturated rings. The number of likely N-dealkylation sites (N-methyl/N-ethyl adjacent to an activating group) is 1. The molecule has 1 amide bonds. The molecular formula is C23H21N3O3. The van der Waals surface area contributed by atoms with Crippen molar-refractivity contribution in [1.82, 2.24) is 15.0 Å². The number of hydrogen-bond donors (Lipinski definition) is 0. The quantitative estimate of drug-likeness (QED) is 0.492. The van der Waals surface area contributed by atoms with Crippen LogP contribution in [0.1, 0.15) is 16.2 Å². The Kier molecular flexibility index (Phi) is 5.24. The van der Waals surface area contributed by atoms with E-state index in [4.69, 9.17) is 9.26 Å². The Balaban J connectivity index is 1.39. The fourth-order valence-electron chi connectivity index (χ4n) is 3.06. The summed E-state index contributed by atoms with van der Waals surface area (Å²) in [6.07, 6.45) is 0. The van der Waals surface area contributed by atoms with Gasteiger partial charge in [-0.2, -0.15) is 4.98 Å². The molecule has 29 heavy (non-hydrogen) atoms. The van der Waals surface area contributed by atoms with Crippen molar-refractivity contribution in [2.24, 2.45) is 0 Å². The molecule has 0 aliphatic heterocycles. The Morgan fingerprint density at radius 1 is 1.03 bits per heavy atom. The van der Waals surface area contributed by atoms with Crippen LogP contribution < -0.4 is 4.74 Å². The number of amides is 1. The van der Waals surface area contributed by atoms with E-state index in [1.807, 2.05) is 66.7 Å². The lowest BCUT2D eigenvalue weighted by Crippen LogP contribution is -2.30. The molecule has 6 heteroatoms. The van der Waals surface area contributed by atoms with Crippen LogP contribution in [-0.2, 0) is 0 Å². The van der Waals surface area contributed by atoms with Gasteiger partial charge in [0.25, 0.3) is 11.8 Å². The lowest BCUT2D eigenvalue weighted by molar-refractivity contribution is 0.0774. The zero-order valence-electron chi connectivity index (χ0n) is 16.3. The molecule has 0 radical (unpaired) electrons. The third kappa shape index (κ3) is 4.27. The lowest BCUT2D eigenvalue weighted by Gasteiger charge is -2.17. The van der Waals surface area contributed by atoms with E-state index < -0.39 is 0 Å². The van der Waals surface area contributed by atoms with E-state index in [-0.39, 0.29) is 5.91 Å². The van der Waals surface area contributed by atoms with Crippen LogP contribution in [0.15, 0.2) is 71.3 Å². The smallest absolute Gasteiger partial charge is 0.257 e. The lowest BCUT2D eigenvalue weighted by atomic mass is 10.1. The minimum atomic E-state index is -0.0171. The number of benzene rings is 3. The SMILES string of the molecule is Cc1noc(-c2ccc3cc(OCCN(C)C(=O)c4ccccc4)ccc3c2)n1. The van der Waals surface area contributed by atoms with Crippen molar-refractivity contribution in [3.8, 4) is 17.2 Å². The summed E-state index contributed by atoms with van der Waals surface area (Å²) in [6.45, 7) is 2.71. The van der Waals surface area contributed by atoms with Crippen molar-refractivity contribution in [2.75, 3.05) is 20.2 Å². The normalized spacial score (nSPS) is 10.8. The topological polar surface area (TPSA) is 68.5 Å². The van der Waals surface area contributed by atoms with Gasteiger partial charge in [-0.25, -0.2) is 0 Å². The third-order valence-electron chi connectivity index (χ3n) is 4.65. The highest BCUT2D eigenvalue weighted by Gasteiger charge is 2.11. The van der Waals surface area contributed by atoms with Gasteiger partial charge in [0.1, 0.15) is 12.4 Å². The maximum Gasteiger partial charge on any atom is 0.257 e. The van der Waals surface area contributed by atoms with Crippen molar-refractivity contribution in [3.63, 3.8) is 0 Å². The summed E-state index contributed by atoms with van der Waals surface area (Å²) in [5.41, 5.74) is 1.56. The van der Waals surface area contributed by atoms with E-state index in [9.17, 15) is 4.79 Å². The molecule has 0 aliphatic carbocycles. The molecule has 4 rings (SSSR count). The largest absolute Gasteiger partial charge is 0.492 e. The standard InChI is InChI=1S/C23H21N3O3/c1-16-24-22(29-25-16)20-9-8-19-15-21(11-10-18(19)14-20)28-13-12-26(2)23(27)17-6-4-3-5-7-17/h3-11,14-15H,12-13H2,1-2H3. The first-order valence-corrected chi connectivity index (χ1v) is 9.38. The molecule has 0 aliphatic rings. The fraction of sp³-hybridized carbons (Fsp3) is 0.174. The average molecular weight is 387 g/mol. The molecule has 1 aromatic heterocycles. The van der Waals surface area contributed by atoms with E-state index in [0.717, 1.165) is 22.1 Å². The number of aryl methyl sites for hydroxylation is 1. The minimum absolute atomic E-state index is 0.0171. The first-order chi connectivity index (χ1) is 14.1. The van der Waals surface area contributed by atoms with Gasteiger partial charge in [0.15, 0.2) is 5.82 Å². The van der Waals surface area contributed by atoms with E-state index in [1.54, 1.807) is 18.9 Å². The van der Waals surface area contributed by atoms with Gasteiger partial charge in [0.2, 0.25) is 0 Å². The number of aromatic nitrogens is 2. The predicted octanol–water partition coefficient (Wildman–Crippen LogP) is 4.35. The fourth-order valence-corrected chi connectivity index (χ4v) is 3.06. The molecule has 4 aromatic rings. The van der Waals surface area contributed by atoms with Gasteiger partial charge < -0.3 is 14.2 Å². The number of carbonyl (C=O) groups excluding carboxylic acids is 1. The van der Waals surface area contributed by atoms with Crippen LogP contribution in [0.3, 0.4) is 0 Å². The molecule has 0 atom stereocenters. The second-order valence-corrected chi connectivity index (χ2v) is 6.81. The number of hydrogen-bond acceptors (Lipinski definition) is 5. The second kappa shape index (κ2) is 8.14. The van der Waals surface area contributed by atoms with Crippen molar-refractivity contribution in [2.45, 2.75) is 6.92 Å². The minimum Gasteiger partial charge on any atom is -0.492 e. The summed E-state index contributed by atoms with van der Waals surface area (Å²) >= 11 is 0. The summed E-state index contributed by atoms with van der Waals surface area (Å²) in [5, 5.41) is 5.94. The van der Waals surface area contributed by atoms with Gasteiger partial charge in [0.05, 0.1) is 6.54 Å². The highest BCUT2D eigenvalue weighted by atomic mass is 16.5. The zero-order valence-corrected chi connectivity index (χ0v) is 16.3. The first-order valence-electron chi connectivity index (χ1n) is 9.38. The maximum absolute atomic E-state index is 12.4. The average Bonchev–Trinajstić information content (AvgIpc) is 3.19. The van der Waals surface area contributed by atoms with Crippen LogP contribution in [-0.4, -0.2) is 41.1 Å². The summed E-state index contributed by atoms with van der Waals surface area (Å²) in [6, 6.07) is 21.1. The van der Waals surface area contributed by atoms with Crippen LogP contribution in [0.25, 0.3) is 22.2 Å². The summed E-state index contributed by atoms with van der Waals surface area (Å²) < 4.78 is 11.1. The molecule has 0 unspecified atom stereocenters. The van der Waals surface area contributed by atoms with Crippen LogP contribution in [0.4, 0.5) is 0 Å². The van der Waals surface area contributed by atoms with E-state index in [0.29, 0.717) is 30.4 Å². The van der Waals surface area contributed by atoms with Crippen LogP contribution in [0.5, 0.6) is 5.75 Å². The Morgan fingerprint density at radius 2 is 1.79 bits per heavy atom. The molecule has 0 bridgehead atoms. The van der Waals surface area contributed by atoms with Crippen molar-refractivity contribution >= 4 is 16.7 Å². The molecule has 3 aromatic carbocycles. The summed E-state index contributed by atoms with van der Waals surface area (Å²) in [7, 11) is 1.78. The predicted molar refractivity (Wildman–Crippen MR) is 111 cm³/mol. The van der Waals surface area contributed by atoms with Gasteiger partial charge in [-0.3, -0.25) is 4.79 Å². The van der Waals surface area contributed by atoms with Crippen molar-refractivity contribution < 1.29 is 14.1 Å². The number of ether oxygens (including phenoxy) is 1. The Labute approximate surface area is 168 Å². The molecular weight excluding hydrogens is 366 g/mol.